The second-order valence-corrected chi connectivity index (χ2v) is 9.36. The van der Waals surface area contributed by atoms with Crippen molar-refractivity contribution in [1.82, 2.24) is 19.9 Å². The number of piperazine rings is 1. The fourth-order valence-electron chi connectivity index (χ4n) is 4.77. The van der Waals surface area contributed by atoms with Crippen LogP contribution in [0, 0.1) is 11.3 Å². The van der Waals surface area contributed by atoms with Gasteiger partial charge in [-0.3, -0.25) is 4.90 Å². The molecule has 0 aliphatic carbocycles. The summed E-state index contributed by atoms with van der Waals surface area (Å²) in [7, 11) is 0. The highest BCUT2D eigenvalue weighted by atomic mass is 16.5. The second-order valence-electron chi connectivity index (χ2n) is 9.36. The predicted octanol–water partition coefficient (Wildman–Crippen LogP) is 2.67. The van der Waals surface area contributed by atoms with Crippen molar-refractivity contribution in [2.45, 2.75) is 25.4 Å². The molecule has 0 unspecified atom stereocenters. The average molecular weight is 501 g/mol. The lowest BCUT2D eigenvalue weighted by Crippen LogP contribution is -2.47. The van der Waals surface area contributed by atoms with Gasteiger partial charge in [-0.2, -0.15) is 5.26 Å². The summed E-state index contributed by atoms with van der Waals surface area (Å²) in [4.78, 5) is 18.4. The predicted molar refractivity (Wildman–Crippen MR) is 139 cm³/mol. The van der Waals surface area contributed by atoms with Crippen molar-refractivity contribution in [3.8, 4) is 23.1 Å². The van der Waals surface area contributed by atoms with Gasteiger partial charge in [-0.15, -0.1) is 0 Å². The molecule has 2 aromatic heterocycles. The highest BCUT2D eigenvalue weighted by Crippen LogP contribution is 2.28. The number of aromatic nitrogens is 3. The molecule has 0 radical (unpaired) electrons. The van der Waals surface area contributed by atoms with Crippen molar-refractivity contribution in [3.05, 3.63) is 65.7 Å². The molecule has 4 heterocycles. The molecule has 2 aliphatic rings. The van der Waals surface area contributed by atoms with Crippen LogP contribution in [0.15, 0.2) is 48.8 Å². The first-order valence-corrected chi connectivity index (χ1v) is 12.9. The minimum absolute atomic E-state index is 0.0759. The van der Waals surface area contributed by atoms with Crippen LogP contribution in [0.3, 0.4) is 0 Å². The summed E-state index contributed by atoms with van der Waals surface area (Å²) in [6.45, 7) is 5.90. The van der Waals surface area contributed by atoms with Crippen LogP contribution in [0.2, 0.25) is 0 Å². The minimum Gasteiger partial charge on any atom is -0.489 e. The van der Waals surface area contributed by atoms with Crippen LogP contribution in [-0.4, -0.2) is 83.6 Å². The Labute approximate surface area is 217 Å². The molecule has 2 saturated heterocycles. The van der Waals surface area contributed by atoms with Crippen molar-refractivity contribution in [3.63, 3.8) is 0 Å². The Bertz CT molecular complexity index is 1230. The Kier molecular flexibility index (Phi) is 8.21. The van der Waals surface area contributed by atoms with Crippen molar-refractivity contribution in [2.24, 2.45) is 0 Å². The van der Waals surface area contributed by atoms with Crippen LogP contribution < -0.4 is 9.64 Å². The SMILES string of the molecule is N#Cc1cc(-c2ccnc(Cc3ccnc(N4CCN(CCO)CC4)c3)n2)ccc1OC1CCOCC1. The third-order valence-electron chi connectivity index (χ3n) is 6.85. The Morgan fingerprint density at radius 2 is 1.84 bits per heavy atom. The van der Waals surface area contributed by atoms with E-state index in [2.05, 4.69) is 31.9 Å². The maximum absolute atomic E-state index is 9.73. The molecular weight excluding hydrogens is 468 g/mol. The van der Waals surface area contributed by atoms with Crippen LogP contribution in [0.1, 0.15) is 29.8 Å². The maximum Gasteiger partial charge on any atom is 0.137 e. The normalized spacial score (nSPS) is 16.9. The summed E-state index contributed by atoms with van der Waals surface area (Å²) in [6.07, 6.45) is 5.93. The Balaban J connectivity index is 1.27. The minimum atomic E-state index is 0.0759. The van der Waals surface area contributed by atoms with Gasteiger partial charge in [-0.05, 0) is 42.0 Å². The summed E-state index contributed by atoms with van der Waals surface area (Å²) < 4.78 is 11.5. The molecule has 0 amide bonds. The molecule has 9 nitrogen and oxygen atoms in total. The number of anilines is 1. The van der Waals surface area contributed by atoms with Gasteiger partial charge in [0.05, 0.1) is 31.1 Å². The lowest BCUT2D eigenvalue weighted by atomic mass is 10.1. The molecule has 9 heteroatoms. The zero-order valence-corrected chi connectivity index (χ0v) is 20.9. The molecular formula is C28H32N6O3. The van der Waals surface area contributed by atoms with Crippen molar-refractivity contribution in [2.75, 3.05) is 57.4 Å². The smallest absolute Gasteiger partial charge is 0.137 e. The maximum atomic E-state index is 9.73. The molecule has 1 N–H and O–H groups in total. The summed E-state index contributed by atoms with van der Waals surface area (Å²) in [6, 6.07) is 13.9. The monoisotopic (exact) mass is 500 g/mol. The second kappa shape index (κ2) is 12.1. The summed E-state index contributed by atoms with van der Waals surface area (Å²) in [5.41, 5.74) is 3.23. The number of nitrogens with zero attached hydrogens (tertiary/aromatic N) is 6. The zero-order chi connectivity index (χ0) is 25.5. The largest absolute Gasteiger partial charge is 0.489 e. The first-order chi connectivity index (χ1) is 18.2. The fourth-order valence-corrected chi connectivity index (χ4v) is 4.77. The molecule has 0 saturated carbocycles. The molecule has 0 atom stereocenters. The topological polar surface area (TPSA) is 108 Å². The van der Waals surface area contributed by atoms with E-state index in [0.717, 1.165) is 68.2 Å². The van der Waals surface area contributed by atoms with E-state index in [-0.39, 0.29) is 12.7 Å². The van der Waals surface area contributed by atoms with E-state index in [1.165, 1.54) is 0 Å². The van der Waals surface area contributed by atoms with Gasteiger partial charge in [-0.25, -0.2) is 15.0 Å². The molecule has 5 rings (SSSR count). The van der Waals surface area contributed by atoms with Gasteiger partial charge in [0.1, 0.15) is 29.6 Å². The molecule has 192 valence electrons. The summed E-state index contributed by atoms with van der Waals surface area (Å²) >= 11 is 0. The first kappa shape index (κ1) is 25.1. The van der Waals surface area contributed by atoms with E-state index < -0.39 is 0 Å². The van der Waals surface area contributed by atoms with Gasteiger partial charge in [-0.1, -0.05) is 0 Å². The van der Waals surface area contributed by atoms with Gasteiger partial charge in [0, 0.05) is 69.9 Å². The average Bonchev–Trinajstić information content (AvgIpc) is 2.95. The van der Waals surface area contributed by atoms with E-state index in [4.69, 9.17) is 19.6 Å². The van der Waals surface area contributed by atoms with E-state index in [1.807, 2.05) is 36.5 Å². The third kappa shape index (κ3) is 6.41. The highest BCUT2D eigenvalue weighted by molar-refractivity contribution is 5.64. The number of aliphatic hydroxyl groups excluding tert-OH is 1. The van der Waals surface area contributed by atoms with Gasteiger partial charge in [0.2, 0.25) is 0 Å². The first-order valence-electron chi connectivity index (χ1n) is 12.9. The molecule has 2 aliphatic heterocycles. The summed E-state index contributed by atoms with van der Waals surface area (Å²) in [5, 5.41) is 18.9. The third-order valence-corrected chi connectivity index (χ3v) is 6.85. The van der Waals surface area contributed by atoms with Gasteiger partial charge in [0.15, 0.2) is 0 Å². The van der Waals surface area contributed by atoms with E-state index in [1.54, 1.807) is 6.20 Å². The standard InChI is InChI=1S/C28H32N6O3/c29-20-23-19-22(1-2-26(23)37-24-5-15-36-16-6-24)25-4-8-30-27(32-25)17-21-3-7-31-28(18-21)34-11-9-33(10-12-34)13-14-35/h1-4,7-8,18-19,24,35H,5-6,9-17H2. The van der Waals surface area contributed by atoms with Crippen molar-refractivity contribution < 1.29 is 14.6 Å². The number of nitriles is 1. The lowest BCUT2D eigenvalue weighted by molar-refractivity contribution is 0.0254. The zero-order valence-electron chi connectivity index (χ0n) is 20.9. The van der Waals surface area contributed by atoms with Crippen LogP contribution in [0.4, 0.5) is 5.82 Å². The number of β-amino-alcohol motifs (C(OH)–C–C–N with tert-alkyl or cyclic N) is 1. The van der Waals surface area contributed by atoms with Gasteiger partial charge < -0.3 is 19.5 Å². The summed E-state index contributed by atoms with van der Waals surface area (Å²) in [5.74, 6) is 2.27. The van der Waals surface area contributed by atoms with Crippen LogP contribution in [-0.2, 0) is 11.2 Å². The van der Waals surface area contributed by atoms with Gasteiger partial charge in [0.25, 0.3) is 0 Å². The van der Waals surface area contributed by atoms with E-state index >= 15 is 0 Å². The van der Waals surface area contributed by atoms with Crippen molar-refractivity contribution in [1.29, 1.82) is 5.26 Å². The molecule has 1 aromatic carbocycles. The van der Waals surface area contributed by atoms with E-state index in [0.29, 0.717) is 36.8 Å². The molecule has 2 fully saturated rings. The Morgan fingerprint density at radius 1 is 1.03 bits per heavy atom. The molecule has 0 spiro atoms. The number of benzene rings is 1. The van der Waals surface area contributed by atoms with Crippen LogP contribution in [0.25, 0.3) is 11.3 Å². The quantitative estimate of drug-likeness (QED) is 0.499. The number of hydrogen-bond acceptors (Lipinski definition) is 9. The molecule has 37 heavy (non-hydrogen) atoms. The number of aliphatic hydroxyl groups is 1. The lowest BCUT2D eigenvalue weighted by Gasteiger charge is -2.35. The Hall–Kier alpha value is -3.58. The van der Waals surface area contributed by atoms with E-state index in [9.17, 15) is 5.26 Å². The molecule has 0 bridgehead atoms. The fraction of sp³-hybridized carbons (Fsp3) is 0.429. The van der Waals surface area contributed by atoms with Gasteiger partial charge >= 0.3 is 0 Å². The number of pyridine rings is 1. The molecule has 3 aromatic rings. The highest BCUT2D eigenvalue weighted by Gasteiger charge is 2.19. The van der Waals surface area contributed by atoms with Crippen molar-refractivity contribution >= 4 is 5.82 Å². The van der Waals surface area contributed by atoms with Crippen LogP contribution in [0.5, 0.6) is 5.75 Å². The number of rotatable bonds is 8. The van der Waals surface area contributed by atoms with Crippen LogP contribution >= 0.6 is 0 Å². The number of hydrogen-bond donors (Lipinski definition) is 1. The Morgan fingerprint density at radius 3 is 2.62 bits per heavy atom. The number of ether oxygens (including phenoxy) is 2.